The predicted octanol–water partition coefficient (Wildman–Crippen LogP) is 2.36. The maximum atomic E-state index is 11.2. The van der Waals surface area contributed by atoms with E-state index in [4.69, 9.17) is 4.74 Å². The van der Waals surface area contributed by atoms with Crippen molar-refractivity contribution in [3.05, 3.63) is 30.3 Å². The fourth-order valence-electron chi connectivity index (χ4n) is 1.13. The van der Waals surface area contributed by atoms with Crippen LogP contribution in [-0.4, -0.2) is 23.9 Å². The van der Waals surface area contributed by atoms with Crippen molar-refractivity contribution in [1.82, 2.24) is 5.32 Å². The lowest BCUT2D eigenvalue weighted by atomic mass is 10.3. The van der Waals surface area contributed by atoms with Gasteiger partial charge in [0.15, 0.2) is 0 Å². The second-order valence-electron chi connectivity index (χ2n) is 3.42. The molecule has 1 rings (SSSR count). The predicted molar refractivity (Wildman–Crippen MR) is 68.0 cm³/mol. The van der Waals surface area contributed by atoms with Gasteiger partial charge in [-0.25, -0.2) is 0 Å². The summed E-state index contributed by atoms with van der Waals surface area (Å²) in [7, 11) is 0. The Bertz CT molecular complexity index is 314. The Morgan fingerprint density at radius 3 is 2.75 bits per heavy atom. The van der Waals surface area contributed by atoms with E-state index in [0.717, 1.165) is 12.2 Å². The average molecular weight is 286 g/mol. The monoisotopic (exact) mass is 285 g/mol. The van der Waals surface area contributed by atoms with Gasteiger partial charge in [-0.15, -0.1) is 0 Å². The first-order chi connectivity index (χ1) is 7.70. The van der Waals surface area contributed by atoms with Gasteiger partial charge in [-0.1, -0.05) is 34.1 Å². The summed E-state index contributed by atoms with van der Waals surface area (Å²) >= 11 is 3.20. The first-order valence-electron chi connectivity index (χ1n) is 5.30. The molecule has 0 aliphatic carbocycles. The molecule has 1 N–H and O–H groups in total. The Hall–Kier alpha value is -1.03. The van der Waals surface area contributed by atoms with Crippen LogP contribution in [0.25, 0.3) is 0 Å². The summed E-state index contributed by atoms with van der Waals surface area (Å²) in [4.78, 5) is 11.0. The fraction of sp³-hybridized carbons (Fsp3) is 0.417. The zero-order valence-corrected chi connectivity index (χ0v) is 10.9. The summed E-state index contributed by atoms with van der Waals surface area (Å²) in [6.45, 7) is 3.05. The molecule has 0 bridgehead atoms. The summed E-state index contributed by atoms with van der Waals surface area (Å²) in [5.41, 5.74) is 0. The van der Waals surface area contributed by atoms with Gasteiger partial charge in [-0.2, -0.15) is 0 Å². The summed E-state index contributed by atoms with van der Waals surface area (Å²) in [5.74, 6) is 0.877. The molecule has 1 aromatic carbocycles. The molecule has 0 aliphatic heterocycles. The van der Waals surface area contributed by atoms with Crippen LogP contribution in [0.2, 0.25) is 0 Å². The number of nitrogens with one attached hydrogen (secondary N) is 1. The molecule has 0 spiro atoms. The van der Waals surface area contributed by atoms with Crippen molar-refractivity contribution in [3.63, 3.8) is 0 Å². The molecule has 16 heavy (non-hydrogen) atoms. The van der Waals surface area contributed by atoms with Crippen LogP contribution in [0.5, 0.6) is 5.75 Å². The van der Waals surface area contributed by atoms with Crippen molar-refractivity contribution < 1.29 is 9.53 Å². The van der Waals surface area contributed by atoms with E-state index in [2.05, 4.69) is 21.2 Å². The zero-order chi connectivity index (χ0) is 11.8. The average Bonchev–Trinajstić information content (AvgIpc) is 2.29. The minimum atomic E-state index is -0.137. The highest BCUT2D eigenvalue weighted by atomic mass is 79.9. The number of benzene rings is 1. The third kappa shape index (κ3) is 5.16. The molecular formula is C12H16BrNO2. The number of ether oxygens (including phenoxy) is 1. The van der Waals surface area contributed by atoms with Crippen molar-refractivity contribution in [2.24, 2.45) is 0 Å². The number of halogens is 1. The van der Waals surface area contributed by atoms with Crippen LogP contribution in [0.15, 0.2) is 30.3 Å². The van der Waals surface area contributed by atoms with E-state index in [0.29, 0.717) is 13.2 Å². The van der Waals surface area contributed by atoms with Gasteiger partial charge in [0.05, 0.1) is 11.4 Å². The van der Waals surface area contributed by atoms with E-state index in [-0.39, 0.29) is 10.7 Å². The molecule has 3 nitrogen and oxygen atoms in total. The van der Waals surface area contributed by atoms with Crippen LogP contribution < -0.4 is 10.1 Å². The van der Waals surface area contributed by atoms with Crippen LogP contribution in [0.3, 0.4) is 0 Å². The van der Waals surface area contributed by atoms with E-state index < -0.39 is 0 Å². The van der Waals surface area contributed by atoms with Crippen LogP contribution in [0, 0.1) is 0 Å². The third-order valence-electron chi connectivity index (χ3n) is 1.99. The normalized spacial score (nSPS) is 11.9. The van der Waals surface area contributed by atoms with Gasteiger partial charge < -0.3 is 10.1 Å². The van der Waals surface area contributed by atoms with Crippen molar-refractivity contribution in [1.29, 1.82) is 0 Å². The van der Waals surface area contributed by atoms with Gasteiger partial charge >= 0.3 is 0 Å². The molecule has 1 unspecified atom stereocenters. The Morgan fingerprint density at radius 1 is 1.44 bits per heavy atom. The number of hydrogen-bond donors (Lipinski definition) is 1. The number of rotatable bonds is 6. The largest absolute Gasteiger partial charge is 0.494 e. The van der Waals surface area contributed by atoms with E-state index in [1.807, 2.05) is 30.3 Å². The number of carbonyl (C=O) groups is 1. The minimum absolute atomic E-state index is 0.0136. The maximum absolute atomic E-state index is 11.2. The molecular weight excluding hydrogens is 270 g/mol. The van der Waals surface area contributed by atoms with Gasteiger partial charge in [0.25, 0.3) is 0 Å². The third-order valence-corrected chi connectivity index (χ3v) is 2.41. The van der Waals surface area contributed by atoms with Crippen LogP contribution >= 0.6 is 15.9 Å². The molecule has 0 radical (unpaired) electrons. The SMILES string of the molecule is CC(Br)C(=O)NCCCOc1ccccc1. The van der Waals surface area contributed by atoms with Crippen LogP contribution in [0.1, 0.15) is 13.3 Å². The molecule has 88 valence electrons. The minimum Gasteiger partial charge on any atom is -0.494 e. The lowest BCUT2D eigenvalue weighted by molar-refractivity contribution is -0.120. The second-order valence-corrected chi connectivity index (χ2v) is 4.80. The molecule has 0 saturated heterocycles. The maximum Gasteiger partial charge on any atom is 0.233 e. The summed E-state index contributed by atoms with van der Waals surface area (Å²) < 4.78 is 5.49. The molecule has 0 aliphatic rings. The van der Waals surface area contributed by atoms with Gasteiger partial charge in [0.2, 0.25) is 5.91 Å². The second kappa shape index (κ2) is 7.28. The van der Waals surface area contributed by atoms with Crippen LogP contribution in [0.4, 0.5) is 0 Å². The molecule has 4 heteroatoms. The van der Waals surface area contributed by atoms with E-state index in [1.54, 1.807) is 6.92 Å². The van der Waals surface area contributed by atoms with Crippen molar-refractivity contribution in [3.8, 4) is 5.75 Å². The molecule has 0 saturated carbocycles. The Morgan fingerprint density at radius 2 is 2.12 bits per heavy atom. The first-order valence-corrected chi connectivity index (χ1v) is 6.21. The lowest BCUT2D eigenvalue weighted by Crippen LogP contribution is -2.30. The molecule has 1 atom stereocenters. The Kier molecular flexibility index (Phi) is 5.93. The molecule has 0 fully saturated rings. The quantitative estimate of drug-likeness (QED) is 0.644. The fourth-order valence-corrected chi connectivity index (χ4v) is 1.29. The summed E-state index contributed by atoms with van der Waals surface area (Å²) in [6, 6.07) is 9.65. The highest BCUT2D eigenvalue weighted by Crippen LogP contribution is 2.08. The number of carbonyl (C=O) groups excluding carboxylic acids is 1. The molecule has 1 aromatic rings. The molecule has 0 aromatic heterocycles. The molecule has 0 heterocycles. The topological polar surface area (TPSA) is 38.3 Å². The zero-order valence-electron chi connectivity index (χ0n) is 9.28. The Balaban J connectivity index is 2.07. The number of amides is 1. The smallest absolute Gasteiger partial charge is 0.233 e. The highest BCUT2D eigenvalue weighted by molar-refractivity contribution is 9.10. The van der Waals surface area contributed by atoms with E-state index in [9.17, 15) is 4.79 Å². The Labute approximate surface area is 104 Å². The molecule has 1 amide bonds. The number of hydrogen-bond acceptors (Lipinski definition) is 2. The highest BCUT2D eigenvalue weighted by Gasteiger charge is 2.06. The van der Waals surface area contributed by atoms with Crippen molar-refractivity contribution in [2.75, 3.05) is 13.2 Å². The number of alkyl halides is 1. The standard InChI is InChI=1S/C12H16BrNO2/c1-10(13)12(15)14-8-5-9-16-11-6-3-2-4-7-11/h2-4,6-7,10H,5,8-9H2,1H3,(H,14,15). The van der Waals surface area contributed by atoms with Gasteiger partial charge in [0, 0.05) is 6.54 Å². The van der Waals surface area contributed by atoms with Crippen LogP contribution in [-0.2, 0) is 4.79 Å². The van der Waals surface area contributed by atoms with Gasteiger partial charge in [-0.3, -0.25) is 4.79 Å². The van der Waals surface area contributed by atoms with Gasteiger partial charge in [-0.05, 0) is 25.5 Å². The lowest BCUT2D eigenvalue weighted by Gasteiger charge is -2.08. The summed E-state index contributed by atoms with van der Waals surface area (Å²) in [6.07, 6.45) is 0.806. The van der Waals surface area contributed by atoms with Gasteiger partial charge in [0.1, 0.15) is 5.75 Å². The van der Waals surface area contributed by atoms with E-state index in [1.165, 1.54) is 0 Å². The van der Waals surface area contributed by atoms with E-state index >= 15 is 0 Å². The number of para-hydroxylation sites is 1. The first kappa shape index (κ1) is 13.0. The van der Waals surface area contributed by atoms with Crippen molar-refractivity contribution >= 4 is 21.8 Å². The summed E-state index contributed by atoms with van der Waals surface area (Å²) in [5, 5.41) is 2.80. The van der Waals surface area contributed by atoms with Crippen molar-refractivity contribution in [2.45, 2.75) is 18.2 Å².